The number of aromatic nitrogens is 2. The van der Waals surface area contributed by atoms with Crippen molar-refractivity contribution in [2.24, 2.45) is 0 Å². The summed E-state index contributed by atoms with van der Waals surface area (Å²) in [6, 6.07) is 9.90. The molecule has 1 saturated carbocycles. The van der Waals surface area contributed by atoms with E-state index in [2.05, 4.69) is 33.0 Å². The van der Waals surface area contributed by atoms with Gasteiger partial charge in [0, 0.05) is 9.64 Å². The van der Waals surface area contributed by atoms with Gasteiger partial charge in [-0.05, 0) is 47.6 Å². The third-order valence-electron chi connectivity index (χ3n) is 3.95. The van der Waals surface area contributed by atoms with Crippen LogP contribution in [0.3, 0.4) is 0 Å². The van der Waals surface area contributed by atoms with Gasteiger partial charge in [0.2, 0.25) is 0 Å². The molecule has 1 aromatic heterocycles. The van der Waals surface area contributed by atoms with Crippen molar-refractivity contribution < 1.29 is 4.79 Å². The Morgan fingerprint density at radius 3 is 2.71 bits per heavy atom. The predicted octanol–water partition coefficient (Wildman–Crippen LogP) is 4.25. The highest BCUT2D eigenvalue weighted by Crippen LogP contribution is 2.30. The van der Waals surface area contributed by atoms with Gasteiger partial charge in [0.15, 0.2) is 0 Å². The van der Waals surface area contributed by atoms with Crippen LogP contribution in [-0.4, -0.2) is 15.7 Å². The van der Waals surface area contributed by atoms with E-state index in [0.717, 1.165) is 22.2 Å². The number of halogens is 1. The first kappa shape index (κ1) is 14.6. The van der Waals surface area contributed by atoms with E-state index < -0.39 is 0 Å². The summed E-state index contributed by atoms with van der Waals surface area (Å²) in [5.74, 6) is 0.726. The van der Waals surface area contributed by atoms with E-state index >= 15 is 0 Å². The molecule has 1 aromatic carbocycles. The van der Waals surface area contributed by atoms with Crippen LogP contribution in [0.2, 0.25) is 0 Å². The number of anilines is 1. The fourth-order valence-electron chi connectivity index (χ4n) is 2.86. The van der Waals surface area contributed by atoms with Gasteiger partial charge in [-0.25, -0.2) is 4.68 Å². The lowest BCUT2D eigenvalue weighted by Gasteiger charge is -2.23. The van der Waals surface area contributed by atoms with Gasteiger partial charge < -0.3 is 5.32 Å². The van der Waals surface area contributed by atoms with Gasteiger partial charge in [-0.2, -0.15) is 5.10 Å². The van der Waals surface area contributed by atoms with Crippen molar-refractivity contribution in [3.63, 3.8) is 0 Å². The molecule has 0 saturated heterocycles. The van der Waals surface area contributed by atoms with Crippen LogP contribution in [0, 0.1) is 3.57 Å². The summed E-state index contributed by atoms with van der Waals surface area (Å²) < 4.78 is 2.93. The first-order valence-electron chi connectivity index (χ1n) is 7.35. The van der Waals surface area contributed by atoms with Crippen LogP contribution in [0.1, 0.15) is 48.5 Å². The highest BCUT2D eigenvalue weighted by molar-refractivity contribution is 14.1. The quantitative estimate of drug-likeness (QED) is 0.791. The first-order valence-corrected chi connectivity index (χ1v) is 8.43. The second-order valence-electron chi connectivity index (χ2n) is 5.39. The molecule has 1 N–H and O–H groups in total. The Morgan fingerprint density at radius 2 is 1.95 bits per heavy atom. The highest BCUT2D eigenvalue weighted by atomic mass is 127. The van der Waals surface area contributed by atoms with Gasteiger partial charge in [-0.3, -0.25) is 4.79 Å². The van der Waals surface area contributed by atoms with Gasteiger partial charge in [0.1, 0.15) is 5.82 Å². The molecule has 1 aliphatic carbocycles. The summed E-state index contributed by atoms with van der Waals surface area (Å²) in [5, 5.41) is 7.41. The van der Waals surface area contributed by atoms with Gasteiger partial charge in [-0.15, -0.1) is 0 Å². The Hall–Kier alpha value is -1.37. The van der Waals surface area contributed by atoms with Crippen molar-refractivity contribution in [1.82, 2.24) is 9.78 Å². The molecule has 1 amide bonds. The average molecular weight is 395 g/mol. The summed E-state index contributed by atoms with van der Waals surface area (Å²) in [4.78, 5) is 12.4. The molecule has 1 aliphatic rings. The minimum Gasteiger partial charge on any atom is -0.307 e. The van der Waals surface area contributed by atoms with E-state index in [4.69, 9.17) is 0 Å². The smallest absolute Gasteiger partial charge is 0.257 e. The molecule has 0 atom stereocenters. The van der Waals surface area contributed by atoms with Crippen LogP contribution < -0.4 is 5.32 Å². The van der Waals surface area contributed by atoms with Gasteiger partial charge in [0.05, 0.1) is 17.8 Å². The standard InChI is InChI=1S/C16H18IN3O/c17-14-9-5-4-8-13(14)16(21)19-15-10-11-18-20(15)12-6-2-1-3-7-12/h4-5,8-12H,1-3,6-7H2,(H,19,21). The Balaban J connectivity index is 1.78. The lowest BCUT2D eigenvalue weighted by Crippen LogP contribution is -2.20. The zero-order valence-electron chi connectivity index (χ0n) is 11.8. The van der Waals surface area contributed by atoms with Crippen molar-refractivity contribution in [2.45, 2.75) is 38.1 Å². The van der Waals surface area contributed by atoms with Crippen molar-refractivity contribution in [1.29, 1.82) is 0 Å². The maximum atomic E-state index is 12.4. The predicted molar refractivity (Wildman–Crippen MR) is 91.5 cm³/mol. The number of carbonyl (C=O) groups is 1. The third kappa shape index (κ3) is 3.28. The highest BCUT2D eigenvalue weighted by Gasteiger charge is 2.19. The van der Waals surface area contributed by atoms with Crippen molar-refractivity contribution in [3.8, 4) is 0 Å². The molecular formula is C16H18IN3O. The third-order valence-corrected chi connectivity index (χ3v) is 4.89. The molecule has 21 heavy (non-hydrogen) atoms. The minimum atomic E-state index is -0.0717. The molecule has 0 bridgehead atoms. The largest absolute Gasteiger partial charge is 0.307 e. The molecule has 110 valence electrons. The number of hydrogen-bond donors (Lipinski definition) is 1. The van der Waals surface area contributed by atoms with Gasteiger partial charge in [0.25, 0.3) is 5.91 Å². The first-order chi connectivity index (χ1) is 10.3. The summed E-state index contributed by atoms with van der Waals surface area (Å²) in [5.41, 5.74) is 0.703. The monoisotopic (exact) mass is 395 g/mol. The van der Waals surface area contributed by atoms with E-state index in [1.807, 2.05) is 35.0 Å². The van der Waals surface area contributed by atoms with Crippen LogP contribution in [0.15, 0.2) is 36.5 Å². The number of carbonyl (C=O) groups excluding carboxylic acids is 1. The fraction of sp³-hybridized carbons (Fsp3) is 0.375. The number of amides is 1. The maximum absolute atomic E-state index is 12.4. The van der Waals surface area contributed by atoms with Crippen molar-refractivity contribution in [3.05, 3.63) is 45.7 Å². The van der Waals surface area contributed by atoms with Crippen LogP contribution in [0.4, 0.5) is 5.82 Å². The number of hydrogen-bond acceptors (Lipinski definition) is 2. The molecule has 3 rings (SSSR count). The summed E-state index contributed by atoms with van der Waals surface area (Å²) in [6.45, 7) is 0. The number of nitrogens with zero attached hydrogens (tertiary/aromatic N) is 2. The van der Waals surface area contributed by atoms with Crippen LogP contribution in [0.25, 0.3) is 0 Å². The minimum absolute atomic E-state index is 0.0717. The lowest BCUT2D eigenvalue weighted by atomic mass is 9.96. The van der Waals surface area contributed by atoms with Crippen LogP contribution in [-0.2, 0) is 0 Å². The Kier molecular flexibility index (Phi) is 4.57. The van der Waals surface area contributed by atoms with E-state index in [1.54, 1.807) is 6.20 Å². The number of rotatable bonds is 3. The molecule has 2 aromatic rings. The normalized spacial score (nSPS) is 15.9. The van der Waals surface area contributed by atoms with Crippen molar-refractivity contribution in [2.75, 3.05) is 5.32 Å². The average Bonchev–Trinajstić information content (AvgIpc) is 2.96. The zero-order valence-corrected chi connectivity index (χ0v) is 13.9. The van der Waals surface area contributed by atoms with E-state index in [-0.39, 0.29) is 5.91 Å². The topological polar surface area (TPSA) is 46.9 Å². The molecule has 0 unspecified atom stereocenters. The molecule has 0 aliphatic heterocycles. The van der Waals surface area contributed by atoms with Gasteiger partial charge in [-0.1, -0.05) is 31.4 Å². The van der Waals surface area contributed by atoms with Crippen LogP contribution in [0.5, 0.6) is 0 Å². The van der Waals surface area contributed by atoms with E-state index in [0.29, 0.717) is 11.6 Å². The molecule has 0 radical (unpaired) electrons. The molecule has 0 spiro atoms. The number of nitrogens with one attached hydrogen (secondary N) is 1. The summed E-state index contributed by atoms with van der Waals surface area (Å²) in [7, 11) is 0. The fourth-order valence-corrected chi connectivity index (χ4v) is 3.49. The van der Waals surface area contributed by atoms with Gasteiger partial charge >= 0.3 is 0 Å². The molecule has 5 heteroatoms. The summed E-state index contributed by atoms with van der Waals surface area (Å²) >= 11 is 2.19. The van der Waals surface area contributed by atoms with E-state index in [1.165, 1.54) is 19.3 Å². The van der Waals surface area contributed by atoms with Crippen molar-refractivity contribution >= 4 is 34.3 Å². The Morgan fingerprint density at radius 1 is 1.19 bits per heavy atom. The Bertz CT molecular complexity index is 632. The lowest BCUT2D eigenvalue weighted by molar-refractivity contribution is 0.102. The molecule has 1 fully saturated rings. The Labute approximate surface area is 138 Å². The van der Waals surface area contributed by atoms with E-state index in [9.17, 15) is 4.79 Å². The SMILES string of the molecule is O=C(Nc1ccnn1C1CCCCC1)c1ccccc1I. The molecular weight excluding hydrogens is 377 g/mol. The zero-order chi connectivity index (χ0) is 14.7. The molecule has 1 heterocycles. The number of benzene rings is 1. The van der Waals surface area contributed by atoms with Crippen LogP contribution >= 0.6 is 22.6 Å². The second-order valence-corrected chi connectivity index (χ2v) is 6.55. The molecule has 4 nitrogen and oxygen atoms in total. The maximum Gasteiger partial charge on any atom is 0.257 e. The second kappa shape index (κ2) is 6.60. The summed E-state index contributed by atoms with van der Waals surface area (Å²) in [6.07, 6.45) is 7.85.